The number of urea groups is 1. The van der Waals surface area contributed by atoms with E-state index in [-0.39, 0.29) is 24.5 Å². The molecule has 1 aromatic rings. The van der Waals surface area contributed by atoms with E-state index in [9.17, 15) is 9.18 Å². The van der Waals surface area contributed by atoms with Gasteiger partial charge in [-0.15, -0.1) is 0 Å². The molecule has 0 spiro atoms. The zero-order valence-electron chi connectivity index (χ0n) is 11.1. The van der Waals surface area contributed by atoms with E-state index in [0.29, 0.717) is 17.7 Å². The van der Waals surface area contributed by atoms with Gasteiger partial charge in [0, 0.05) is 24.1 Å². The van der Waals surface area contributed by atoms with Crippen LogP contribution in [0.2, 0.25) is 0 Å². The van der Waals surface area contributed by atoms with E-state index in [2.05, 4.69) is 10.6 Å². The monoisotopic (exact) mass is 286 g/mol. The molecule has 0 aliphatic carbocycles. The van der Waals surface area contributed by atoms with E-state index < -0.39 is 0 Å². The zero-order chi connectivity index (χ0) is 14.3. The Morgan fingerprint density at radius 3 is 2.84 bits per heavy atom. The number of carbonyl (C=O) groups excluding carboxylic acids is 1. The van der Waals surface area contributed by atoms with Crippen LogP contribution in [0.25, 0.3) is 0 Å². The number of thioether (sulfide) groups is 1. The Morgan fingerprint density at radius 1 is 1.53 bits per heavy atom. The number of hydrogen-bond donors (Lipinski definition) is 3. The highest BCUT2D eigenvalue weighted by molar-refractivity contribution is 7.98. The van der Waals surface area contributed by atoms with Crippen molar-refractivity contribution in [1.29, 1.82) is 0 Å². The molecule has 0 aromatic heterocycles. The number of hydrogen-bond acceptors (Lipinski definition) is 3. The highest BCUT2D eigenvalue weighted by atomic mass is 32.2. The molecule has 1 rings (SSSR count). The molecule has 0 aliphatic rings. The molecule has 1 aromatic carbocycles. The lowest BCUT2D eigenvalue weighted by molar-refractivity contribution is 0.241. The molecular weight excluding hydrogens is 267 g/mol. The van der Waals surface area contributed by atoms with Gasteiger partial charge in [-0.2, -0.15) is 11.8 Å². The number of amides is 2. The first-order chi connectivity index (χ1) is 9.06. The predicted octanol–water partition coefficient (Wildman–Crippen LogP) is 2.37. The largest absolute Gasteiger partial charge is 0.396 e. The number of halogens is 1. The van der Waals surface area contributed by atoms with Gasteiger partial charge in [-0.3, -0.25) is 0 Å². The van der Waals surface area contributed by atoms with Crippen molar-refractivity contribution in [2.24, 2.45) is 0 Å². The molecule has 0 heterocycles. The van der Waals surface area contributed by atoms with Crippen LogP contribution in [-0.2, 0) is 0 Å². The summed E-state index contributed by atoms with van der Waals surface area (Å²) in [5, 5.41) is 14.3. The van der Waals surface area contributed by atoms with Gasteiger partial charge in [-0.1, -0.05) is 0 Å². The molecule has 1 unspecified atom stereocenters. The van der Waals surface area contributed by atoms with Crippen LogP contribution < -0.4 is 10.6 Å². The van der Waals surface area contributed by atoms with Gasteiger partial charge in [0.05, 0.1) is 0 Å². The molecule has 3 N–H and O–H groups in total. The van der Waals surface area contributed by atoms with Crippen LogP contribution in [0.4, 0.5) is 14.9 Å². The van der Waals surface area contributed by atoms with Gasteiger partial charge in [-0.25, -0.2) is 9.18 Å². The zero-order valence-corrected chi connectivity index (χ0v) is 11.9. The minimum atomic E-state index is -0.349. The lowest BCUT2D eigenvalue weighted by Gasteiger charge is -2.17. The quantitative estimate of drug-likeness (QED) is 0.752. The Bertz CT molecular complexity index is 423. The summed E-state index contributed by atoms with van der Waals surface area (Å²) < 4.78 is 13.1. The van der Waals surface area contributed by atoms with Crippen LogP contribution in [0.5, 0.6) is 0 Å². The maximum Gasteiger partial charge on any atom is 0.319 e. The van der Waals surface area contributed by atoms with Crippen molar-refractivity contribution >= 4 is 23.5 Å². The average Bonchev–Trinajstić information content (AvgIpc) is 2.34. The molecule has 1 atom stereocenters. The summed E-state index contributed by atoms with van der Waals surface area (Å²) in [5.41, 5.74) is 1.03. The van der Waals surface area contributed by atoms with E-state index in [0.717, 1.165) is 5.75 Å². The number of carbonyl (C=O) groups is 1. The van der Waals surface area contributed by atoms with Gasteiger partial charge in [-0.05, 0) is 43.4 Å². The fourth-order valence-electron chi connectivity index (χ4n) is 1.63. The summed E-state index contributed by atoms with van der Waals surface area (Å²) in [6.07, 6.45) is 2.45. The number of rotatable bonds is 6. The number of nitrogens with one attached hydrogen (secondary N) is 2. The highest BCUT2D eigenvalue weighted by Crippen LogP contribution is 2.13. The second kappa shape index (κ2) is 8.01. The van der Waals surface area contributed by atoms with E-state index >= 15 is 0 Å². The minimum Gasteiger partial charge on any atom is -0.396 e. The van der Waals surface area contributed by atoms with Gasteiger partial charge in [0.15, 0.2) is 0 Å². The molecular formula is C13H19FN2O2S. The van der Waals surface area contributed by atoms with Gasteiger partial charge < -0.3 is 15.7 Å². The van der Waals surface area contributed by atoms with E-state index in [1.807, 2.05) is 6.26 Å². The summed E-state index contributed by atoms with van der Waals surface area (Å²) >= 11 is 1.60. The second-order valence-corrected chi connectivity index (χ2v) is 5.14. The highest BCUT2D eigenvalue weighted by Gasteiger charge is 2.11. The Hall–Kier alpha value is -1.27. The summed E-state index contributed by atoms with van der Waals surface area (Å²) in [6, 6.07) is 3.97. The Balaban J connectivity index is 2.55. The maximum absolute atomic E-state index is 13.1. The first-order valence-corrected chi connectivity index (χ1v) is 7.39. The summed E-state index contributed by atoms with van der Waals surface area (Å²) in [6.45, 7) is 1.67. The van der Waals surface area contributed by atoms with Crippen molar-refractivity contribution in [3.63, 3.8) is 0 Å². The van der Waals surface area contributed by atoms with Crippen molar-refractivity contribution in [2.45, 2.75) is 19.4 Å². The van der Waals surface area contributed by atoms with Gasteiger partial charge in [0.2, 0.25) is 0 Å². The van der Waals surface area contributed by atoms with E-state index in [1.54, 1.807) is 24.8 Å². The van der Waals surface area contributed by atoms with Gasteiger partial charge in [0.1, 0.15) is 5.82 Å². The normalized spacial score (nSPS) is 12.0. The first kappa shape index (κ1) is 15.8. The SMILES string of the molecule is CSCC(CCO)NC(=O)Nc1ccc(F)c(C)c1. The van der Waals surface area contributed by atoms with Crippen LogP contribution in [0.15, 0.2) is 18.2 Å². The summed E-state index contributed by atoms with van der Waals surface area (Å²) in [5.74, 6) is 0.433. The van der Waals surface area contributed by atoms with Crippen LogP contribution >= 0.6 is 11.8 Å². The fourth-order valence-corrected chi connectivity index (χ4v) is 2.28. The standard InChI is InChI=1S/C13H19FN2O2S/c1-9-7-10(3-4-12(9)14)15-13(18)16-11(5-6-17)8-19-2/h3-4,7,11,17H,5-6,8H2,1-2H3,(H2,15,16,18). The second-order valence-electron chi connectivity index (χ2n) is 4.23. The third-order valence-electron chi connectivity index (χ3n) is 2.60. The third-order valence-corrected chi connectivity index (χ3v) is 3.33. The van der Waals surface area contributed by atoms with Crippen LogP contribution in [-0.4, -0.2) is 35.8 Å². The van der Waals surface area contributed by atoms with Crippen LogP contribution in [0, 0.1) is 12.7 Å². The molecule has 2 amide bonds. The first-order valence-electron chi connectivity index (χ1n) is 6.00. The van der Waals surface area contributed by atoms with Crippen LogP contribution in [0.1, 0.15) is 12.0 Å². The number of anilines is 1. The average molecular weight is 286 g/mol. The predicted molar refractivity (Wildman–Crippen MR) is 77.2 cm³/mol. The lowest BCUT2D eigenvalue weighted by Crippen LogP contribution is -2.40. The van der Waals surface area contributed by atoms with Crippen molar-refractivity contribution in [1.82, 2.24) is 5.32 Å². The van der Waals surface area contributed by atoms with Crippen molar-refractivity contribution in [3.8, 4) is 0 Å². The number of aliphatic hydroxyl groups is 1. The molecule has 0 saturated heterocycles. The molecule has 0 bridgehead atoms. The lowest BCUT2D eigenvalue weighted by atomic mass is 10.2. The Kier molecular flexibility index (Phi) is 6.66. The molecule has 0 saturated carbocycles. The van der Waals surface area contributed by atoms with Gasteiger partial charge in [0.25, 0.3) is 0 Å². The van der Waals surface area contributed by atoms with Gasteiger partial charge >= 0.3 is 6.03 Å². The third kappa shape index (κ3) is 5.48. The molecule has 0 fully saturated rings. The van der Waals surface area contributed by atoms with Crippen LogP contribution in [0.3, 0.4) is 0 Å². The smallest absolute Gasteiger partial charge is 0.319 e. The molecule has 0 radical (unpaired) electrons. The number of benzene rings is 1. The number of aliphatic hydroxyl groups excluding tert-OH is 1. The molecule has 0 aliphatic heterocycles. The summed E-state index contributed by atoms with van der Waals surface area (Å²) in [7, 11) is 0. The number of aryl methyl sites for hydroxylation is 1. The maximum atomic E-state index is 13.1. The topological polar surface area (TPSA) is 61.4 Å². The van der Waals surface area contributed by atoms with Crippen molar-refractivity contribution < 1.29 is 14.3 Å². The van der Waals surface area contributed by atoms with Crippen molar-refractivity contribution in [3.05, 3.63) is 29.6 Å². The Labute approximate surface area is 116 Å². The molecule has 4 nitrogen and oxygen atoms in total. The van der Waals surface area contributed by atoms with E-state index in [4.69, 9.17) is 5.11 Å². The molecule has 6 heteroatoms. The Morgan fingerprint density at radius 2 is 2.26 bits per heavy atom. The fraction of sp³-hybridized carbons (Fsp3) is 0.462. The van der Waals surface area contributed by atoms with Crippen molar-refractivity contribution in [2.75, 3.05) is 23.9 Å². The summed E-state index contributed by atoms with van der Waals surface area (Å²) in [4.78, 5) is 11.8. The molecule has 106 valence electrons. The van der Waals surface area contributed by atoms with E-state index in [1.165, 1.54) is 12.1 Å². The minimum absolute atomic E-state index is 0.0289. The molecule has 19 heavy (non-hydrogen) atoms.